The molecule has 1 aromatic heterocycles. The number of nitrogens with zero attached hydrogens (tertiary/aromatic N) is 1. The zero-order valence-electron chi connectivity index (χ0n) is 36.3. The molecule has 9 N–H and O–H groups in total. The number of hydrogen-bond donors (Lipinski definition) is 8. The second-order valence-electron chi connectivity index (χ2n) is 21.2. The number of nitrogens with two attached hydrogens (primary N) is 1. The predicted molar refractivity (Wildman–Crippen MR) is 224 cm³/mol. The SMILES string of the molecule is CC1(C)CC[C@]2(C(=O)O)CC[C@]3(C)C(=CC[C@@H]4[C@@]5(C)C[C@H](O)[C@H](O)[C@@](C)(C(=O)O)[C@@H]5CC[C@]43C)[C@@H]2C1.C[N+](C)(C)CCO.NC(Cc1c[nH]c2ccccc12)C(=O)O. The van der Waals surface area contributed by atoms with Crippen LogP contribution in [0.1, 0.15) is 105 Å². The molecule has 12 heteroatoms. The van der Waals surface area contributed by atoms with Crippen LogP contribution in [0.3, 0.4) is 0 Å². The van der Waals surface area contributed by atoms with Crippen molar-refractivity contribution in [3.8, 4) is 0 Å². The van der Waals surface area contributed by atoms with Crippen molar-refractivity contribution in [2.24, 2.45) is 56.0 Å². The summed E-state index contributed by atoms with van der Waals surface area (Å²) in [5, 5.41) is 60.7. The van der Waals surface area contributed by atoms with Gasteiger partial charge in [0, 0.05) is 23.5 Å². The van der Waals surface area contributed by atoms with E-state index >= 15 is 0 Å². The van der Waals surface area contributed by atoms with Crippen molar-refractivity contribution >= 4 is 28.8 Å². The summed E-state index contributed by atoms with van der Waals surface area (Å²) < 4.78 is 0.844. The third kappa shape index (κ3) is 7.77. The topological polar surface area (TPSA) is 214 Å². The highest BCUT2D eigenvalue weighted by molar-refractivity contribution is 5.84. The van der Waals surface area contributed by atoms with Crippen molar-refractivity contribution in [3.05, 3.63) is 47.7 Å². The molecule has 0 saturated heterocycles. The predicted octanol–water partition coefficient (Wildman–Crippen LogP) is 6.08. The number of benzene rings is 1. The molecular formula is C46H72N3O9+. The molecule has 1 unspecified atom stereocenters. The number of H-pyrrole nitrogens is 1. The van der Waals surface area contributed by atoms with E-state index < -0.39 is 52.4 Å². The van der Waals surface area contributed by atoms with E-state index in [1.807, 2.05) is 30.5 Å². The lowest BCUT2D eigenvalue weighted by molar-refractivity contribution is -0.870. The lowest BCUT2D eigenvalue weighted by Crippen LogP contribution is -2.68. The number of para-hydroxylation sites is 1. The number of aliphatic hydroxyl groups is 3. The Labute approximate surface area is 344 Å². The minimum atomic E-state index is -1.39. The zero-order valence-corrected chi connectivity index (χ0v) is 36.3. The Morgan fingerprint density at radius 2 is 1.52 bits per heavy atom. The number of aromatic nitrogens is 1. The molecule has 0 amide bonds. The molecule has 5 aliphatic rings. The number of hydrogen-bond acceptors (Lipinski definition) is 7. The Morgan fingerprint density at radius 1 is 0.879 bits per heavy atom. The summed E-state index contributed by atoms with van der Waals surface area (Å²) in [4.78, 5) is 39.0. The fourth-order valence-electron chi connectivity index (χ4n) is 12.6. The molecule has 11 atom stereocenters. The number of fused-ring (bicyclic) bond motifs is 8. The summed E-state index contributed by atoms with van der Waals surface area (Å²) >= 11 is 0. The molecule has 0 radical (unpaired) electrons. The van der Waals surface area contributed by atoms with Gasteiger partial charge in [-0.3, -0.25) is 14.4 Å². The average Bonchev–Trinajstić information content (AvgIpc) is 3.53. The number of carboxylic acids is 3. The second-order valence-corrected chi connectivity index (χ2v) is 21.2. The van der Waals surface area contributed by atoms with Gasteiger partial charge in [0.2, 0.25) is 0 Å². The van der Waals surface area contributed by atoms with E-state index in [2.05, 4.69) is 66.8 Å². The first-order valence-corrected chi connectivity index (χ1v) is 21.2. The standard InChI is InChI=1S/C30H46O6.C11H12N2O2.C5H14NO/c1-25(2)11-13-30(24(35)36)14-12-27(4)17(18(30)15-25)7-8-20-26(3)16-19(31)22(32)29(6,23(33)34)21(26)9-10-28(20,27)5;12-9(11(14)15)5-7-6-13-10-4-2-1-3-8(7)10;1-6(2,3)4-5-7/h7,18-22,31-32H,8-16H2,1-6H3,(H,33,34)(H,35,36);1-4,6,9,13H,5,12H2,(H,14,15);7H,4-5H2,1-3H3/q;;+1/t18-,19-,20+,21+,22-,26+,27+,28+,29-,30-;;/m0../s1. The molecule has 324 valence electrons. The van der Waals surface area contributed by atoms with Crippen molar-refractivity contribution in [2.75, 3.05) is 34.3 Å². The van der Waals surface area contributed by atoms with E-state index in [1.54, 1.807) is 6.92 Å². The van der Waals surface area contributed by atoms with E-state index in [1.165, 1.54) is 5.57 Å². The Hall–Kier alpha value is -3.29. The number of carbonyl (C=O) groups is 3. The molecule has 1 heterocycles. The first kappa shape index (κ1) is 45.8. The normalized spacial score (nSPS) is 38.1. The van der Waals surface area contributed by atoms with Crippen molar-refractivity contribution in [3.63, 3.8) is 0 Å². The quantitative estimate of drug-likeness (QED) is 0.119. The van der Waals surface area contributed by atoms with E-state index in [-0.39, 0.29) is 40.6 Å². The van der Waals surface area contributed by atoms with Crippen LogP contribution in [0.2, 0.25) is 0 Å². The summed E-state index contributed by atoms with van der Waals surface area (Å²) in [6.45, 7) is 14.2. The maximum atomic E-state index is 12.8. The van der Waals surface area contributed by atoms with Crippen LogP contribution in [0.25, 0.3) is 10.9 Å². The van der Waals surface area contributed by atoms with Gasteiger partial charge in [-0.25, -0.2) is 0 Å². The number of carboxylic acid groups (broad SMARTS) is 3. The Bertz CT molecular complexity index is 1880. The van der Waals surface area contributed by atoms with Gasteiger partial charge in [-0.1, -0.05) is 64.5 Å². The van der Waals surface area contributed by atoms with E-state index in [9.17, 15) is 34.8 Å². The lowest BCUT2D eigenvalue weighted by Gasteiger charge is -2.71. The average molecular weight is 811 g/mol. The van der Waals surface area contributed by atoms with Gasteiger partial charge in [-0.2, -0.15) is 0 Å². The Kier molecular flexibility index (Phi) is 12.6. The minimum absolute atomic E-state index is 0.0314. The van der Waals surface area contributed by atoms with Gasteiger partial charge >= 0.3 is 17.9 Å². The van der Waals surface area contributed by atoms with Crippen molar-refractivity contribution in [1.29, 1.82) is 0 Å². The third-order valence-electron chi connectivity index (χ3n) is 16.3. The van der Waals surface area contributed by atoms with Gasteiger partial charge in [0.1, 0.15) is 12.6 Å². The number of nitrogens with one attached hydrogen (secondary N) is 1. The molecule has 0 bridgehead atoms. The highest BCUT2D eigenvalue weighted by Gasteiger charge is 2.71. The number of rotatable bonds is 7. The molecule has 0 spiro atoms. The number of allylic oxidation sites excluding steroid dienone is 2. The lowest BCUT2D eigenvalue weighted by atomic mass is 9.33. The van der Waals surface area contributed by atoms with E-state index in [0.717, 1.165) is 66.0 Å². The minimum Gasteiger partial charge on any atom is -0.481 e. The summed E-state index contributed by atoms with van der Waals surface area (Å²) in [7, 11) is 6.16. The summed E-state index contributed by atoms with van der Waals surface area (Å²) in [5.41, 5.74) is 6.08. The monoisotopic (exact) mass is 811 g/mol. The van der Waals surface area contributed by atoms with Crippen LogP contribution >= 0.6 is 0 Å². The number of aromatic amines is 1. The highest BCUT2D eigenvalue weighted by atomic mass is 16.4. The fraction of sp³-hybridized carbons (Fsp3) is 0.717. The van der Waals surface area contributed by atoms with Crippen molar-refractivity contribution in [2.45, 2.75) is 124 Å². The maximum Gasteiger partial charge on any atom is 0.320 e. The van der Waals surface area contributed by atoms with Crippen LogP contribution < -0.4 is 5.73 Å². The molecule has 5 aliphatic carbocycles. The molecule has 0 aliphatic heterocycles. The molecular weight excluding hydrogens is 739 g/mol. The fourth-order valence-corrected chi connectivity index (χ4v) is 12.6. The molecule has 4 saturated carbocycles. The van der Waals surface area contributed by atoms with Crippen LogP contribution in [0, 0.1) is 50.2 Å². The second kappa shape index (κ2) is 16.0. The molecule has 4 fully saturated rings. The summed E-state index contributed by atoms with van der Waals surface area (Å²) in [6, 6.07) is 6.91. The first-order valence-electron chi connectivity index (χ1n) is 21.2. The molecule has 1 aromatic carbocycles. The van der Waals surface area contributed by atoms with Crippen LogP contribution in [-0.4, -0.2) is 111 Å². The third-order valence-corrected chi connectivity index (χ3v) is 16.3. The number of quaternary nitrogens is 1. The van der Waals surface area contributed by atoms with Crippen molar-refractivity contribution < 1.29 is 49.5 Å². The van der Waals surface area contributed by atoms with Crippen molar-refractivity contribution in [1.82, 2.24) is 4.98 Å². The highest BCUT2D eigenvalue weighted by Crippen LogP contribution is 2.75. The molecule has 12 nitrogen and oxygen atoms in total. The van der Waals surface area contributed by atoms with Gasteiger partial charge < -0.3 is 45.8 Å². The molecule has 58 heavy (non-hydrogen) atoms. The number of likely N-dealkylation sites (N-methyl/N-ethyl adjacent to an activating group) is 1. The Morgan fingerprint density at radius 3 is 2.09 bits per heavy atom. The van der Waals surface area contributed by atoms with E-state index in [0.29, 0.717) is 25.7 Å². The van der Waals surface area contributed by atoms with Gasteiger partial charge in [0.05, 0.1) is 50.8 Å². The first-order chi connectivity index (χ1) is 26.7. The van der Waals surface area contributed by atoms with Gasteiger partial charge in [-0.05, 0) is 116 Å². The largest absolute Gasteiger partial charge is 0.481 e. The smallest absolute Gasteiger partial charge is 0.320 e. The van der Waals surface area contributed by atoms with Crippen LogP contribution in [0.15, 0.2) is 42.1 Å². The maximum absolute atomic E-state index is 12.8. The Balaban J connectivity index is 0.000000238. The van der Waals surface area contributed by atoms with Gasteiger partial charge in [0.15, 0.2) is 0 Å². The van der Waals surface area contributed by atoms with Crippen LogP contribution in [0.4, 0.5) is 0 Å². The summed E-state index contributed by atoms with van der Waals surface area (Å²) in [5.74, 6) is -2.68. The van der Waals surface area contributed by atoms with Crippen LogP contribution in [0.5, 0.6) is 0 Å². The van der Waals surface area contributed by atoms with E-state index in [4.69, 9.17) is 15.9 Å². The van der Waals surface area contributed by atoms with Gasteiger partial charge in [0.25, 0.3) is 0 Å². The van der Waals surface area contributed by atoms with Gasteiger partial charge in [-0.15, -0.1) is 0 Å². The molecule has 7 rings (SSSR count). The number of aliphatic carboxylic acids is 3. The zero-order chi connectivity index (χ0) is 43.4. The summed E-state index contributed by atoms with van der Waals surface area (Å²) in [6.07, 6.45) is 8.96. The van der Waals surface area contributed by atoms with Crippen LogP contribution in [-0.2, 0) is 20.8 Å². The number of aliphatic hydroxyl groups excluding tert-OH is 3. The molecule has 2 aromatic rings.